The lowest BCUT2D eigenvalue weighted by atomic mass is 10.3. The lowest BCUT2D eigenvalue weighted by Gasteiger charge is -2.04. The minimum atomic E-state index is 0.786. The minimum absolute atomic E-state index is 0.786. The zero-order valence-electron chi connectivity index (χ0n) is 12.2. The first-order valence-electron chi connectivity index (χ1n) is 6.86. The van der Waals surface area contributed by atoms with Crippen LogP contribution in [0.25, 0.3) is 0 Å². The second kappa shape index (κ2) is 7.39. The Labute approximate surface area is 123 Å². The van der Waals surface area contributed by atoms with Crippen molar-refractivity contribution in [2.75, 3.05) is 13.1 Å². The lowest BCUT2D eigenvalue weighted by molar-refractivity contribution is 0.517. The molecular formula is C12H21N7S. The first kappa shape index (κ1) is 15.0. The fourth-order valence-electron chi connectivity index (χ4n) is 1.82. The Hall–Kier alpha value is -1.41. The van der Waals surface area contributed by atoms with Crippen molar-refractivity contribution in [2.24, 2.45) is 7.05 Å². The van der Waals surface area contributed by atoms with Crippen LogP contribution in [-0.2, 0) is 25.8 Å². The zero-order valence-corrected chi connectivity index (χ0v) is 13.0. The highest BCUT2D eigenvalue weighted by Crippen LogP contribution is 2.20. The number of likely N-dealkylation sites (N-methyl/N-ethyl adjacent to an activating group) is 1. The van der Waals surface area contributed by atoms with Gasteiger partial charge in [0, 0.05) is 25.0 Å². The number of nitrogens with one attached hydrogen (secondary N) is 1. The highest BCUT2D eigenvalue weighted by molar-refractivity contribution is 7.98. The molecule has 8 heteroatoms. The summed E-state index contributed by atoms with van der Waals surface area (Å²) in [5.74, 6) is 0.824. The van der Waals surface area contributed by atoms with E-state index in [1.165, 1.54) is 5.69 Å². The van der Waals surface area contributed by atoms with Gasteiger partial charge in [-0.25, -0.2) is 4.68 Å². The first-order valence-corrected chi connectivity index (χ1v) is 7.84. The van der Waals surface area contributed by atoms with Crippen LogP contribution >= 0.6 is 11.8 Å². The summed E-state index contributed by atoms with van der Waals surface area (Å²) in [6, 6.07) is 2.14. The van der Waals surface area contributed by atoms with E-state index in [0.29, 0.717) is 0 Å². The molecule has 0 aromatic carbocycles. The Balaban J connectivity index is 1.93. The van der Waals surface area contributed by atoms with Crippen molar-refractivity contribution in [2.45, 2.75) is 37.7 Å². The Bertz CT molecular complexity index is 534. The van der Waals surface area contributed by atoms with E-state index in [0.717, 1.165) is 42.7 Å². The summed E-state index contributed by atoms with van der Waals surface area (Å²) in [6.07, 6.45) is 0.957. The van der Waals surface area contributed by atoms with Crippen LogP contribution in [0.1, 0.15) is 25.2 Å². The van der Waals surface area contributed by atoms with Crippen LogP contribution in [0.15, 0.2) is 11.2 Å². The van der Waals surface area contributed by atoms with E-state index in [4.69, 9.17) is 0 Å². The number of aromatic nitrogens is 6. The van der Waals surface area contributed by atoms with Crippen molar-refractivity contribution in [3.8, 4) is 0 Å². The monoisotopic (exact) mass is 295 g/mol. The average Bonchev–Trinajstić information content (AvgIpc) is 3.03. The van der Waals surface area contributed by atoms with Gasteiger partial charge in [-0.1, -0.05) is 25.6 Å². The second-order valence-electron chi connectivity index (χ2n) is 4.43. The van der Waals surface area contributed by atoms with Gasteiger partial charge in [-0.3, -0.25) is 4.68 Å². The molecule has 1 N–H and O–H groups in total. The summed E-state index contributed by atoms with van der Waals surface area (Å²) in [7, 11) is 1.98. The van der Waals surface area contributed by atoms with Gasteiger partial charge in [0.1, 0.15) is 0 Å². The van der Waals surface area contributed by atoms with Gasteiger partial charge >= 0.3 is 0 Å². The Morgan fingerprint density at radius 2 is 2.20 bits per heavy atom. The number of rotatable bonds is 8. The molecular weight excluding hydrogens is 274 g/mol. The fraction of sp³-hybridized carbons (Fsp3) is 0.667. The Morgan fingerprint density at radius 1 is 1.35 bits per heavy atom. The molecule has 0 amide bonds. The molecule has 0 unspecified atom stereocenters. The quantitative estimate of drug-likeness (QED) is 0.575. The second-order valence-corrected chi connectivity index (χ2v) is 5.37. The van der Waals surface area contributed by atoms with Crippen LogP contribution in [0.4, 0.5) is 0 Å². The molecule has 0 bridgehead atoms. The average molecular weight is 295 g/mol. The third-order valence-electron chi connectivity index (χ3n) is 2.99. The molecule has 2 aromatic rings. The summed E-state index contributed by atoms with van der Waals surface area (Å²) in [5.41, 5.74) is 2.31. The van der Waals surface area contributed by atoms with E-state index in [9.17, 15) is 0 Å². The minimum Gasteiger partial charge on any atom is -0.315 e. The molecule has 2 heterocycles. The van der Waals surface area contributed by atoms with Gasteiger partial charge in [0.25, 0.3) is 0 Å². The molecule has 2 aromatic heterocycles. The number of tetrazole rings is 1. The molecule has 7 nitrogen and oxygen atoms in total. The normalized spacial score (nSPS) is 11.2. The van der Waals surface area contributed by atoms with Gasteiger partial charge in [0.2, 0.25) is 5.16 Å². The number of nitrogens with zero attached hydrogens (tertiary/aromatic N) is 6. The largest absolute Gasteiger partial charge is 0.315 e. The molecule has 0 aliphatic heterocycles. The molecule has 0 aliphatic carbocycles. The Morgan fingerprint density at radius 3 is 2.90 bits per heavy atom. The van der Waals surface area contributed by atoms with Crippen LogP contribution in [0, 0.1) is 0 Å². The molecule has 110 valence electrons. The number of hydrogen-bond donors (Lipinski definition) is 1. The zero-order chi connectivity index (χ0) is 14.4. The molecule has 2 rings (SSSR count). The predicted octanol–water partition coefficient (Wildman–Crippen LogP) is 0.871. The van der Waals surface area contributed by atoms with Crippen LogP contribution in [0.5, 0.6) is 0 Å². The molecule has 0 radical (unpaired) electrons. The van der Waals surface area contributed by atoms with Crippen LogP contribution in [0.3, 0.4) is 0 Å². The smallest absolute Gasteiger partial charge is 0.209 e. The molecule has 0 saturated heterocycles. The topological polar surface area (TPSA) is 73.5 Å². The number of aryl methyl sites for hydroxylation is 2. The van der Waals surface area contributed by atoms with Crippen LogP contribution in [0.2, 0.25) is 0 Å². The molecule has 0 aliphatic rings. The van der Waals surface area contributed by atoms with Gasteiger partial charge in [-0.05, 0) is 29.5 Å². The van der Waals surface area contributed by atoms with Gasteiger partial charge in [0.15, 0.2) is 0 Å². The van der Waals surface area contributed by atoms with E-state index < -0.39 is 0 Å². The summed E-state index contributed by atoms with van der Waals surface area (Å²) in [5, 5.41) is 20.4. The summed E-state index contributed by atoms with van der Waals surface area (Å²) in [4.78, 5) is 0. The molecule has 0 fully saturated rings. The first-order chi connectivity index (χ1) is 9.74. The van der Waals surface area contributed by atoms with Crippen LogP contribution in [-0.4, -0.2) is 43.1 Å². The van der Waals surface area contributed by atoms with Gasteiger partial charge in [-0.15, -0.1) is 5.10 Å². The van der Waals surface area contributed by atoms with Crippen LogP contribution < -0.4 is 5.32 Å². The van der Waals surface area contributed by atoms with Crippen molar-refractivity contribution < 1.29 is 0 Å². The van der Waals surface area contributed by atoms with Crippen molar-refractivity contribution in [1.29, 1.82) is 0 Å². The lowest BCUT2D eigenvalue weighted by Crippen LogP contribution is -2.20. The standard InChI is InChI=1S/C12H21N7S/c1-4-10-8-11(18(3)15-10)9-20-12-14-16-17-19(12)7-6-13-5-2/h8,13H,4-7,9H2,1-3H3. The van der Waals surface area contributed by atoms with Gasteiger partial charge < -0.3 is 5.32 Å². The fourth-order valence-corrected chi connectivity index (χ4v) is 2.74. The van der Waals surface area contributed by atoms with E-state index in [2.05, 4.69) is 45.9 Å². The van der Waals surface area contributed by atoms with E-state index in [1.54, 1.807) is 11.8 Å². The maximum Gasteiger partial charge on any atom is 0.209 e. The summed E-state index contributed by atoms with van der Waals surface area (Å²) in [6.45, 7) is 6.82. The summed E-state index contributed by atoms with van der Waals surface area (Å²) >= 11 is 1.64. The molecule has 0 spiro atoms. The maximum absolute atomic E-state index is 4.45. The highest BCUT2D eigenvalue weighted by atomic mass is 32.2. The SMILES string of the molecule is CCNCCn1nnnc1SCc1cc(CC)nn1C. The van der Waals surface area contributed by atoms with E-state index in [1.807, 2.05) is 16.4 Å². The third kappa shape index (κ3) is 3.80. The number of hydrogen-bond acceptors (Lipinski definition) is 6. The van der Waals surface area contributed by atoms with Gasteiger partial charge in [-0.2, -0.15) is 5.10 Å². The van der Waals surface area contributed by atoms with E-state index >= 15 is 0 Å². The third-order valence-corrected chi connectivity index (χ3v) is 3.98. The molecule has 0 atom stereocenters. The molecule has 20 heavy (non-hydrogen) atoms. The van der Waals surface area contributed by atoms with Gasteiger partial charge in [0.05, 0.1) is 12.2 Å². The van der Waals surface area contributed by atoms with Crippen molar-refractivity contribution in [3.05, 3.63) is 17.5 Å². The molecule has 0 saturated carbocycles. The predicted molar refractivity (Wildman–Crippen MR) is 78.5 cm³/mol. The summed E-state index contributed by atoms with van der Waals surface area (Å²) < 4.78 is 3.77. The van der Waals surface area contributed by atoms with Crippen molar-refractivity contribution in [1.82, 2.24) is 35.3 Å². The van der Waals surface area contributed by atoms with Crippen molar-refractivity contribution in [3.63, 3.8) is 0 Å². The highest BCUT2D eigenvalue weighted by Gasteiger charge is 2.09. The van der Waals surface area contributed by atoms with Crippen molar-refractivity contribution >= 4 is 11.8 Å². The number of thioether (sulfide) groups is 1. The Kier molecular flexibility index (Phi) is 5.54. The maximum atomic E-state index is 4.45. The van der Waals surface area contributed by atoms with E-state index in [-0.39, 0.29) is 0 Å².